The summed E-state index contributed by atoms with van der Waals surface area (Å²) in [5.74, 6) is -2.39. The molecule has 0 aliphatic rings. The van der Waals surface area contributed by atoms with E-state index in [-0.39, 0.29) is 5.69 Å². The number of aryl methyl sites for hydroxylation is 1. The van der Waals surface area contributed by atoms with Crippen LogP contribution in [0.15, 0.2) is 35.3 Å². The standard InChI is InChI=1S/C17H18F3N3/c1-4-23(3)10-21-17-7-11(2)16(9-15(17)20)22-12-5-6-13(18)14(19)8-12/h5-10,22H,4H2,1-3H3. The largest absolute Gasteiger partial charge is 0.366 e. The fourth-order valence-corrected chi connectivity index (χ4v) is 1.87. The Morgan fingerprint density at radius 2 is 1.83 bits per heavy atom. The number of hydrogen-bond donors (Lipinski definition) is 1. The van der Waals surface area contributed by atoms with Crippen LogP contribution in [0.5, 0.6) is 0 Å². The van der Waals surface area contributed by atoms with E-state index in [0.29, 0.717) is 11.4 Å². The first-order chi connectivity index (χ1) is 10.9. The minimum absolute atomic E-state index is 0.221. The number of hydrogen-bond acceptors (Lipinski definition) is 2. The minimum Gasteiger partial charge on any atom is -0.366 e. The Morgan fingerprint density at radius 1 is 1.09 bits per heavy atom. The van der Waals surface area contributed by atoms with Gasteiger partial charge in [0.05, 0.1) is 6.34 Å². The number of nitrogens with zero attached hydrogens (tertiary/aromatic N) is 2. The predicted octanol–water partition coefficient (Wildman–Crippen LogP) is 4.77. The molecule has 2 rings (SSSR count). The van der Waals surface area contributed by atoms with E-state index in [4.69, 9.17) is 0 Å². The first-order valence-corrected chi connectivity index (χ1v) is 7.17. The molecule has 0 radical (unpaired) electrons. The Morgan fingerprint density at radius 3 is 2.48 bits per heavy atom. The summed E-state index contributed by atoms with van der Waals surface area (Å²) >= 11 is 0. The lowest BCUT2D eigenvalue weighted by atomic mass is 10.1. The number of anilines is 2. The van der Waals surface area contributed by atoms with Gasteiger partial charge in [0.25, 0.3) is 0 Å². The van der Waals surface area contributed by atoms with Crippen LogP contribution >= 0.6 is 0 Å². The molecule has 122 valence electrons. The topological polar surface area (TPSA) is 27.6 Å². The van der Waals surface area contributed by atoms with Crippen LogP contribution < -0.4 is 5.32 Å². The quantitative estimate of drug-likeness (QED) is 0.635. The molecule has 0 aliphatic carbocycles. The summed E-state index contributed by atoms with van der Waals surface area (Å²) in [6, 6.07) is 6.31. The zero-order chi connectivity index (χ0) is 17.0. The Hall–Kier alpha value is -2.50. The Labute approximate surface area is 133 Å². The molecule has 3 nitrogen and oxygen atoms in total. The summed E-state index contributed by atoms with van der Waals surface area (Å²) in [6.07, 6.45) is 1.56. The van der Waals surface area contributed by atoms with E-state index in [1.165, 1.54) is 12.1 Å². The lowest BCUT2D eigenvalue weighted by molar-refractivity contribution is 0.509. The monoisotopic (exact) mass is 321 g/mol. The van der Waals surface area contributed by atoms with E-state index in [0.717, 1.165) is 24.2 Å². The van der Waals surface area contributed by atoms with Gasteiger partial charge in [0.15, 0.2) is 17.5 Å². The van der Waals surface area contributed by atoms with Crippen molar-refractivity contribution >= 4 is 23.4 Å². The van der Waals surface area contributed by atoms with Gasteiger partial charge in [0.2, 0.25) is 0 Å². The molecule has 0 amide bonds. The van der Waals surface area contributed by atoms with Crippen LogP contribution in [0.3, 0.4) is 0 Å². The van der Waals surface area contributed by atoms with Gasteiger partial charge in [-0.05, 0) is 43.7 Å². The van der Waals surface area contributed by atoms with E-state index in [1.54, 1.807) is 19.3 Å². The minimum atomic E-state index is -0.961. The van der Waals surface area contributed by atoms with Crippen LogP contribution in [0, 0.1) is 24.4 Å². The Kier molecular flexibility index (Phi) is 5.26. The molecule has 6 heteroatoms. The highest BCUT2D eigenvalue weighted by molar-refractivity contribution is 5.68. The van der Waals surface area contributed by atoms with Crippen LogP contribution in [0.25, 0.3) is 0 Å². The highest BCUT2D eigenvalue weighted by Crippen LogP contribution is 2.28. The van der Waals surface area contributed by atoms with Gasteiger partial charge in [-0.2, -0.15) is 0 Å². The van der Waals surface area contributed by atoms with Crippen LogP contribution in [0.2, 0.25) is 0 Å². The second-order valence-electron chi connectivity index (χ2n) is 5.19. The summed E-state index contributed by atoms with van der Waals surface area (Å²) in [6.45, 7) is 4.51. The first-order valence-electron chi connectivity index (χ1n) is 7.17. The molecule has 0 aliphatic heterocycles. The second kappa shape index (κ2) is 7.17. The van der Waals surface area contributed by atoms with E-state index >= 15 is 0 Å². The molecular formula is C17H18F3N3. The second-order valence-corrected chi connectivity index (χ2v) is 5.19. The van der Waals surface area contributed by atoms with Crippen molar-refractivity contribution in [2.24, 2.45) is 4.99 Å². The summed E-state index contributed by atoms with van der Waals surface area (Å²) in [5, 5.41) is 2.88. The molecule has 0 aromatic heterocycles. The van der Waals surface area contributed by atoms with Crippen molar-refractivity contribution in [2.75, 3.05) is 18.9 Å². The zero-order valence-electron chi connectivity index (χ0n) is 13.2. The van der Waals surface area contributed by atoms with Gasteiger partial charge < -0.3 is 10.2 Å². The summed E-state index contributed by atoms with van der Waals surface area (Å²) in [5.41, 5.74) is 1.77. The number of aliphatic imine (C=N–C) groups is 1. The van der Waals surface area contributed by atoms with Crippen LogP contribution in [-0.4, -0.2) is 24.8 Å². The molecule has 1 N–H and O–H groups in total. The molecule has 0 bridgehead atoms. The third kappa shape index (κ3) is 4.25. The van der Waals surface area contributed by atoms with Gasteiger partial charge >= 0.3 is 0 Å². The van der Waals surface area contributed by atoms with Crippen LogP contribution in [0.4, 0.5) is 30.2 Å². The molecular weight excluding hydrogens is 303 g/mol. The fourth-order valence-electron chi connectivity index (χ4n) is 1.87. The van der Waals surface area contributed by atoms with Gasteiger partial charge in [-0.25, -0.2) is 18.2 Å². The summed E-state index contributed by atoms with van der Waals surface area (Å²) in [7, 11) is 1.84. The van der Waals surface area contributed by atoms with Gasteiger partial charge in [-0.1, -0.05) is 0 Å². The normalized spacial score (nSPS) is 11.0. The van der Waals surface area contributed by atoms with Crippen molar-refractivity contribution in [1.82, 2.24) is 4.90 Å². The molecule has 0 saturated carbocycles. The average molecular weight is 321 g/mol. The Bertz CT molecular complexity index is 729. The Balaban J connectivity index is 2.25. The number of nitrogens with one attached hydrogen (secondary N) is 1. The molecule has 0 heterocycles. The van der Waals surface area contributed by atoms with E-state index in [9.17, 15) is 13.2 Å². The fraction of sp³-hybridized carbons (Fsp3) is 0.235. The number of rotatable bonds is 5. The van der Waals surface area contributed by atoms with Crippen LogP contribution in [0.1, 0.15) is 12.5 Å². The van der Waals surface area contributed by atoms with Gasteiger partial charge in [0.1, 0.15) is 5.69 Å². The van der Waals surface area contributed by atoms with E-state index < -0.39 is 17.5 Å². The van der Waals surface area contributed by atoms with Crippen LogP contribution in [-0.2, 0) is 0 Å². The third-order valence-corrected chi connectivity index (χ3v) is 3.39. The van der Waals surface area contributed by atoms with Crippen molar-refractivity contribution in [3.63, 3.8) is 0 Å². The smallest absolute Gasteiger partial charge is 0.160 e. The maximum absolute atomic E-state index is 14.1. The lowest BCUT2D eigenvalue weighted by Crippen LogP contribution is -2.14. The maximum atomic E-state index is 14.1. The molecule has 2 aromatic rings. The highest BCUT2D eigenvalue weighted by Gasteiger charge is 2.08. The van der Waals surface area contributed by atoms with Crippen molar-refractivity contribution in [3.05, 3.63) is 53.3 Å². The molecule has 0 saturated heterocycles. The SMILES string of the molecule is CCN(C)C=Nc1cc(C)c(Nc2ccc(F)c(F)c2)cc1F. The summed E-state index contributed by atoms with van der Waals surface area (Å²) in [4.78, 5) is 5.92. The first kappa shape index (κ1) is 16.9. The molecule has 0 atom stereocenters. The third-order valence-electron chi connectivity index (χ3n) is 3.39. The van der Waals surface area contributed by atoms with Crippen molar-refractivity contribution in [3.8, 4) is 0 Å². The van der Waals surface area contributed by atoms with Crippen molar-refractivity contribution in [2.45, 2.75) is 13.8 Å². The number of halogens is 3. The lowest BCUT2D eigenvalue weighted by Gasteiger charge is -2.12. The van der Waals surface area contributed by atoms with Crippen molar-refractivity contribution < 1.29 is 13.2 Å². The average Bonchev–Trinajstić information content (AvgIpc) is 2.52. The van der Waals surface area contributed by atoms with E-state index in [1.807, 2.05) is 18.9 Å². The summed E-state index contributed by atoms with van der Waals surface area (Å²) < 4.78 is 40.3. The van der Waals surface area contributed by atoms with Gasteiger partial charge in [-0.15, -0.1) is 0 Å². The molecule has 23 heavy (non-hydrogen) atoms. The molecule has 2 aromatic carbocycles. The predicted molar refractivity (Wildman–Crippen MR) is 87.2 cm³/mol. The molecule has 0 unspecified atom stereocenters. The molecule has 0 spiro atoms. The number of benzene rings is 2. The maximum Gasteiger partial charge on any atom is 0.160 e. The zero-order valence-corrected chi connectivity index (χ0v) is 13.2. The van der Waals surface area contributed by atoms with Crippen molar-refractivity contribution in [1.29, 1.82) is 0 Å². The van der Waals surface area contributed by atoms with Gasteiger partial charge in [0, 0.05) is 31.0 Å². The van der Waals surface area contributed by atoms with E-state index in [2.05, 4.69) is 10.3 Å². The molecule has 0 fully saturated rings. The highest BCUT2D eigenvalue weighted by atomic mass is 19.2. The van der Waals surface area contributed by atoms with Gasteiger partial charge in [-0.3, -0.25) is 0 Å².